The number of carbonyl (C=O) groups excluding carboxylic acids is 2. The predicted octanol–water partition coefficient (Wildman–Crippen LogP) is 2.75. The third-order valence-corrected chi connectivity index (χ3v) is 5.37. The van der Waals surface area contributed by atoms with Gasteiger partial charge in [-0.3, -0.25) is 9.59 Å². The molecule has 5 nitrogen and oxygen atoms in total. The van der Waals surface area contributed by atoms with Gasteiger partial charge < -0.3 is 10.2 Å². The Labute approximate surface area is 145 Å². The average Bonchev–Trinajstić information content (AvgIpc) is 3.22. The zero-order valence-corrected chi connectivity index (χ0v) is 14.7. The minimum atomic E-state index is -0.318. The molecule has 0 spiro atoms. The van der Waals surface area contributed by atoms with Gasteiger partial charge in [-0.15, -0.1) is 11.3 Å². The van der Waals surface area contributed by atoms with Crippen LogP contribution in [0.25, 0.3) is 10.4 Å². The summed E-state index contributed by atoms with van der Waals surface area (Å²) in [6.07, 6.45) is 1.63. The van der Waals surface area contributed by atoms with Crippen LogP contribution in [0.1, 0.15) is 31.0 Å². The Bertz CT molecular complexity index is 739. The highest BCUT2D eigenvalue weighted by atomic mass is 32.1. The Morgan fingerprint density at radius 3 is 2.71 bits per heavy atom. The standard InChI is InChI=1S/C18H21N3O2S/c1-12-17(24-11-20-12)15-7-5-14(6-8-15)10-19-18(23)16-4-3-9-21(16)13(2)22/h5-8,11,16H,3-4,9-10H2,1-2H3,(H,19,23)/t16-/m0/s1. The van der Waals surface area contributed by atoms with E-state index in [-0.39, 0.29) is 17.9 Å². The van der Waals surface area contributed by atoms with E-state index in [9.17, 15) is 9.59 Å². The second kappa shape index (κ2) is 7.13. The number of likely N-dealkylation sites (tertiary alicyclic amines) is 1. The number of hydrogen-bond donors (Lipinski definition) is 1. The smallest absolute Gasteiger partial charge is 0.243 e. The molecule has 1 aromatic heterocycles. The van der Waals surface area contributed by atoms with E-state index in [2.05, 4.69) is 22.4 Å². The first-order chi connectivity index (χ1) is 11.6. The Morgan fingerprint density at radius 2 is 2.08 bits per heavy atom. The molecule has 2 heterocycles. The largest absolute Gasteiger partial charge is 0.350 e. The van der Waals surface area contributed by atoms with E-state index < -0.39 is 0 Å². The number of nitrogens with zero attached hydrogens (tertiary/aromatic N) is 2. The topological polar surface area (TPSA) is 62.3 Å². The van der Waals surface area contributed by atoms with Crippen molar-refractivity contribution in [1.82, 2.24) is 15.2 Å². The van der Waals surface area contributed by atoms with Crippen molar-refractivity contribution in [1.29, 1.82) is 0 Å². The number of thiazole rings is 1. The lowest BCUT2D eigenvalue weighted by Crippen LogP contribution is -2.44. The van der Waals surface area contributed by atoms with Gasteiger partial charge >= 0.3 is 0 Å². The molecule has 3 rings (SSSR count). The van der Waals surface area contributed by atoms with Crippen molar-refractivity contribution in [3.63, 3.8) is 0 Å². The van der Waals surface area contributed by atoms with Gasteiger partial charge in [-0.25, -0.2) is 4.98 Å². The number of carbonyl (C=O) groups is 2. The summed E-state index contributed by atoms with van der Waals surface area (Å²) >= 11 is 1.63. The highest BCUT2D eigenvalue weighted by Gasteiger charge is 2.31. The number of nitrogens with one attached hydrogen (secondary N) is 1. The van der Waals surface area contributed by atoms with Gasteiger partial charge in [0.2, 0.25) is 11.8 Å². The Kier molecular flexibility index (Phi) is 4.94. The second-order valence-corrected chi connectivity index (χ2v) is 6.91. The maximum atomic E-state index is 12.3. The highest BCUT2D eigenvalue weighted by Crippen LogP contribution is 2.27. The molecule has 1 aliphatic heterocycles. The lowest BCUT2D eigenvalue weighted by Gasteiger charge is -2.22. The van der Waals surface area contributed by atoms with E-state index >= 15 is 0 Å². The molecule has 1 atom stereocenters. The molecule has 1 N–H and O–H groups in total. The van der Waals surface area contributed by atoms with Gasteiger partial charge in [0.1, 0.15) is 6.04 Å². The zero-order chi connectivity index (χ0) is 17.1. The molecule has 6 heteroatoms. The van der Waals surface area contributed by atoms with Crippen LogP contribution in [0.3, 0.4) is 0 Å². The number of aryl methyl sites for hydroxylation is 1. The van der Waals surface area contributed by atoms with Gasteiger partial charge in [0.05, 0.1) is 16.1 Å². The highest BCUT2D eigenvalue weighted by molar-refractivity contribution is 7.13. The van der Waals surface area contributed by atoms with Crippen molar-refractivity contribution >= 4 is 23.2 Å². The van der Waals surface area contributed by atoms with Crippen LogP contribution in [0, 0.1) is 6.92 Å². The van der Waals surface area contributed by atoms with Crippen LogP contribution < -0.4 is 5.32 Å². The fourth-order valence-corrected chi connectivity index (χ4v) is 3.89. The molecule has 1 aliphatic rings. The van der Waals surface area contributed by atoms with Crippen LogP contribution in [0.15, 0.2) is 29.8 Å². The maximum absolute atomic E-state index is 12.3. The van der Waals surface area contributed by atoms with Crippen LogP contribution in [-0.2, 0) is 16.1 Å². The van der Waals surface area contributed by atoms with Crippen LogP contribution in [0.5, 0.6) is 0 Å². The Balaban J connectivity index is 1.60. The number of aromatic nitrogens is 1. The summed E-state index contributed by atoms with van der Waals surface area (Å²) in [4.78, 5) is 31.0. The average molecular weight is 343 g/mol. The molecule has 0 unspecified atom stereocenters. The third kappa shape index (κ3) is 3.48. The van der Waals surface area contributed by atoms with E-state index in [1.54, 1.807) is 16.2 Å². The maximum Gasteiger partial charge on any atom is 0.243 e. The molecule has 24 heavy (non-hydrogen) atoms. The van der Waals surface area contributed by atoms with E-state index in [1.165, 1.54) is 11.8 Å². The fourth-order valence-electron chi connectivity index (χ4n) is 3.08. The third-order valence-electron chi connectivity index (χ3n) is 4.39. The van der Waals surface area contributed by atoms with Gasteiger partial charge in [0.25, 0.3) is 0 Å². The summed E-state index contributed by atoms with van der Waals surface area (Å²) in [6, 6.07) is 7.83. The molecule has 1 aromatic carbocycles. The molecule has 2 aromatic rings. The quantitative estimate of drug-likeness (QED) is 0.928. The van der Waals surface area contributed by atoms with Crippen molar-refractivity contribution < 1.29 is 9.59 Å². The van der Waals surface area contributed by atoms with Crippen LogP contribution in [0.4, 0.5) is 0 Å². The van der Waals surface area contributed by atoms with Crippen LogP contribution >= 0.6 is 11.3 Å². The normalized spacial score (nSPS) is 17.1. The first kappa shape index (κ1) is 16.6. The van der Waals surface area contributed by atoms with E-state index in [0.29, 0.717) is 13.1 Å². The summed E-state index contributed by atoms with van der Waals surface area (Å²) in [5, 5.41) is 2.95. The Hall–Kier alpha value is -2.21. The summed E-state index contributed by atoms with van der Waals surface area (Å²) in [5.41, 5.74) is 5.07. The van der Waals surface area contributed by atoms with Gasteiger partial charge in [-0.2, -0.15) is 0 Å². The fraction of sp³-hybridized carbons (Fsp3) is 0.389. The summed E-state index contributed by atoms with van der Waals surface area (Å²) in [5.74, 6) is -0.0954. The predicted molar refractivity (Wildman–Crippen MR) is 94.5 cm³/mol. The molecular weight excluding hydrogens is 322 g/mol. The Morgan fingerprint density at radius 1 is 1.33 bits per heavy atom. The zero-order valence-electron chi connectivity index (χ0n) is 13.9. The number of hydrogen-bond acceptors (Lipinski definition) is 4. The van der Waals surface area contributed by atoms with Gasteiger partial charge in [-0.1, -0.05) is 24.3 Å². The lowest BCUT2D eigenvalue weighted by molar-refractivity contribution is -0.136. The molecule has 126 valence electrons. The van der Waals surface area contributed by atoms with Crippen molar-refractivity contribution in [2.45, 2.75) is 39.3 Å². The second-order valence-electron chi connectivity index (χ2n) is 6.05. The molecule has 0 bridgehead atoms. The molecule has 1 saturated heterocycles. The minimum absolute atomic E-state index is 0.0306. The number of benzene rings is 1. The first-order valence-corrected chi connectivity index (χ1v) is 8.98. The van der Waals surface area contributed by atoms with E-state index in [0.717, 1.165) is 29.7 Å². The number of amides is 2. The van der Waals surface area contributed by atoms with Crippen molar-refractivity contribution in [2.75, 3.05) is 6.54 Å². The van der Waals surface area contributed by atoms with Crippen molar-refractivity contribution in [3.05, 3.63) is 41.0 Å². The molecule has 0 saturated carbocycles. The van der Waals surface area contributed by atoms with Gasteiger partial charge in [0, 0.05) is 20.0 Å². The molecule has 0 radical (unpaired) electrons. The van der Waals surface area contributed by atoms with E-state index in [4.69, 9.17) is 0 Å². The minimum Gasteiger partial charge on any atom is -0.350 e. The molecule has 0 aliphatic carbocycles. The molecule has 2 amide bonds. The van der Waals surface area contributed by atoms with Gasteiger partial charge in [0.15, 0.2) is 0 Å². The molecule has 1 fully saturated rings. The molecular formula is C18H21N3O2S. The van der Waals surface area contributed by atoms with Crippen molar-refractivity contribution in [3.8, 4) is 10.4 Å². The van der Waals surface area contributed by atoms with E-state index in [1.807, 2.05) is 24.6 Å². The summed E-state index contributed by atoms with van der Waals surface area (Å²) < 4.78 is 0. The van der Waals surface area contributed by atoms with Gasteiger partial charge in [-0.05, 0) is 30.9 Å². The lowest BCUT2D eigenvalue weighted by atomic mass is 10.1. The number of rotatable bonds is 4. The monoisotopic (exact) mass is 343 g/mol. The SMILES string of the molecule is CC(=O)N1CCC[C@H]1C(=O)NCc1ccc(-c2scnc2C)cc1. The first-order valence-electron chi connectivity index (χ1n) is 8.10. The summed E-state index contributed by atoms with van der Waals surface area (Å²) in [6.45, 7) is 4.67. The van der Waals surface area contributed by atoms with Crippen molar-refractivity contribution in [2.24, 2.45) is 0 Å². The van der Waals surface area contributed by atoms with Crippen LogP contribution in [0.2, 0.25) is 0 Å². The van der Waals surface area contributed by atoms with Crippen LogP contribution in [-0.4, -0.2) is 34.3 Å². The summed E-state index contributed by atoms with van der Waals surface area (Å²) in [7, 11) is 0.